The average molecular weight is 289 g/mol. The van der Waals surface area contributed by atoms with Crippen molar-refractivity contribution in [3.8, 4) is 11.5 Å². The highest BCUT2D eigenvalue weighted by Crippen LogP contribution is 2.31. The molecule has 0 radical (unpaired) electrons. The lowest BCUT2D eigenvalue weighted by molar-refractivity contribution is 0.0939. The van der Waals surface area contributed by atoms with Crippen LogP contribution in [0.15, 0.2) is 18.2 Å². The van der Waals surface area contributed by atoms with Gasteiger partial charge in [-0.2, -0.15) is 0 Å². The van der Waals surface area contributed by atoms with Gasteiger partial charge in [0.1, 0.15) is 13.2 Å². The van der Waals surface area contributed by atoms with Gasteiger partial charge in [0.05, 0.1) is 6.04 Å². The summed E-state index contributed by atoms with van der Waals surface area (Å²) in [5.41, 5.74) is 0.690. The van der Waals surface area contributed by atoms with Gasteiger partial charge in [0, 0.05) is 11.6 Å². The Bertz CT molecular complexity index is 509. The van der Waals surface area contributed by atoms with Gasteiger partial charge in [-0.05, 0) is 38.0 Å². The molecule has 1 saturated carbocycles. The van der Waals surface area contributed by atoms with Crippen LogP contribution >= 0.6 is 0 Å². The highest BCUT2D eigenvalue weighted by atomic mass is 16.6. The molecule has 0 bridgehead atoms. The van der Waals surface area contributed by atoms with Crippen LogP contribution in [-0.2, 0) is 0 Å². The summed E-state index contributed by atoms with van der Waals surface area (Å²) in [6.07, 6.45) is 6.21. The van der Waals surface area contributed by atoms with Crippen LogP contribution in [0.5, 0.6) is 11.5 Å². The second-order valence-electron chi connectivity index (χ2n) is 5.95. The van der Waals surface area contributed by atoms with Gasteiger partial charge in [0.2, 0.25) is 0 Å². The molecule has 0 saturated heterocycles. The lowest BCUT2D eigenvalue weighted by Crippen LogP contribution is -2.42. The van der Waals surface area contributed by atoms with Crippen molar-refractivity contribution >= 4 is 5.78 Å². The Morgan fingerprint density at radius 1 is 1.14 bits per heavy atom. The minimum absolute atomic E-state index is 0.123. The summed E-state index contributed by atoms with van der Waals surface area (Å²) in [4.78, 5) is 12.5. The number of fused-ring (bicyclic) bond motifs is 1. The zero-order valence-corrected chi connectivity index (χ0v) is 12.6. The van der Waals surface area contributed by atoms with E-state index >= 15 is 0 Å². The molecule has 0 amide bonds. The number of hydrogen-bond acceptors (Lipinski definition) is 4. The summed E-state index contributed by atoms with van der Waals surface area (Å²) in [6.45, 7) is 3.06. The molecule has 1 fully saturated rings. The quantitative estimate of drug-likeness (QED) is 0.866. The Morgan fingerprint density at radius 2 is 1.86 bits per heavy atom. The van der Waals surface area contributed by atoms with Crippen molar-refractivity contribution in [1.29, 1.82) is 0 Å². The monoisotopic (exact) mass is 289 g/mol. The van der Waals surface area contributed by atoms with Crippen LogP contribution in [0.2, 0.25) is 0 Å². The summed E-state index contributed by atoms with van der Waals surface area (Å²) in [6, 6.07) is 5.78. The maximum absolute atomic E-state index is 12.5. The van der Waals surface area contributed by atoms with Crippen molar-refractivity contribution in [1.82, 2.24) is 5.32 Å². The van der Waals surface area contributed by atoms with Gasteiger partial charge in [-0.15, -0.1) is 0 Å². The van der Waals surface area contributed by atoms with Crippen LogP contribution < -0.4 is 14.8 Å². The van der Waals surface area contributed by atoms with Crippen LogP contribution in [0.4, 0.5) is 0 Å². The van der Waals surface area contributed by atoms with E-state index in [9.17, 15) is 4.79 Å². The molecule has 1 aliphatic heterocycles. The van der Waals surface area contributed by atoms with Crippen molar-refractivity contribution < 1.29 is 14.3 Å². The number of Topliss-reactive ketones (excluding diaryl/α,β-unsaturated/α-hetero) is 1. The molecule has 1 heterocycles. The normalized spacial score (nSPS) is 20.0. The molecule has 114 valence electrons. The van der Waals surface area contributed by atoms with E-state index in [-0.39, 0.29) is 11.8 Å². The first kappa shape index (κ1) is 14.4. The van der Waals surface area contributed by atoms with E-state index in [4.69, 9.17) is 9.47 Å². The molecule has 0 spiro atoms. The van der Waals surface area contributed by atoms with Gasteiger partial charge in [0.15, 0.2) is 17.3 Å². The SMILES string of the molecule is CC(NC1CCCCC1)C(=O)c1ccc2c(c1)OCCO2. The van der Waals surface area contributed by atoms with Crippen LogP contribution in [0, 0.1) is 0 Å². The zero-order valence-electron chi connectivity index (χ0n) is 12.6. The Kier molecular flexibility index (Phi) is 4.44. The topological polar surface area (TPSA) is 47.6 Å². The van der Waals surface area contributed by atoms with Crippen molar-refractivity contribution in [3.63, 3.8) is 0 Å². The predicted octanol–water partition coefficient (Wildman–Crippen LogP) is 2.95. The van der Waals surface area contributed by atoms with Crippen molar-refractivity contribution in [2.75, 3.05) is 13.2 Å². The van der Waals surface area contributed by atoms with Gasteiger partial charge < -0.3 is 14.8 Å². The first-order chi connectivity index (χ1) is 10.2. The van der Waals surface area contributed by atoms with Gasteiger partial charge >= 0.3 is 0 Å². The number of hydrogen-bond donors (Lipinski definition) is 1. The number of carbonyl (C=O) groups excluding carboxylic acids is 1. The van der Waals surface area contributed by atoms with Gasteiger partial charge in [-0.1, -0.05) is 19.3 Å². The Hall–Kier alpha value is -1.55. The summed E-state index contributed by atoms with van der Waals surface area (Å²) in [7, 11) is 0. The van der Waals surface area contributed by atoms with Gasteiger partial charge in [-0.3, -0.25) is 4.79 Å². The molecule has 1 aromatic rings. The van der Waals surface area contributed by atoms with E-state index in [0.29, 0.717) is 30.6 Å². The lowest BCUT2D eigenvalue weighted by atomic mass is 9.94. The molecular formula is C17H23NO3. The molecule has 21 heavy (non-hydrogen) atoms. The molecule has 1 unspecified atom stereocenters. The van der Waals surface area contributed by atoms with Crippen molar-refractivity contribution in [3.05, 3.63) is 23.8 Å². The zero-order chi connectivity index (χ0) is 14.7. The number of rotatable bonds is 4. The van der Waals surface area contributed by atoms with Crippen LogP contribution in [0.25, 0.3) is 0 Å². The smallest absolute Gasteiger partial charge is 0.179 e. The summed E-state index contributed by atoms with van der Waals surface area (Å²) < 4.78 is 11.0. The molecule has 1 aromatic carbocycles. The molecule has 1 atom stereocenters. The second-order valence-corrected chi connectivity index (χ2v) is 5.95. The standard InChI is InChI=1S/C17H23NO3/c1-12(18-14-5-3-2-4-6-14)17(19)13-7-8-15-16(11-13)21-10-9-20-15/h7-8,11-12,14,18H,2-6,9-10H2,1H3. The Labute approximate surface area is 125 Å². The fourth-order valence-corrected chi connectivity index (χ4v) is 3.15. The number of carbonyl (C=O) groups is 1. The minimum atomic E-state index is -0.157. The van der Waals surface area contributed by atoms with E-state index < -0.39 is 0 Å². The van der Waals surface area contributed by atoms with Gasteiger partial charge in [-0.25, -0.2) is 0 Å². The summed E-state index contributed by atoms with van der Waals surface area (Å²) >= 11 is 0. The Balaban J connectivity index is 1.66. The maximum atomic E-state index is 12.5. The molecule has 2 aliphatic rings. The average Bonchev–Trinajstić information content (AvgIpc) is 2.54. The molecule has 1 aliphatic carbocycles. The van der Waals surface area contributed by atoms with Crippen LogP contribution in [0.3, 0.4) is 0 Å². The third-order valence-corrected chi connectivity index (χ3v) is 4.31. The molecule has 3 rings (SSSR count). The van der Waals surface area contributed by atoms with Crippen LogP contribution in [0.1, 0.15) is 49.4 Å². The third kappa shape index (κ3) is 3.38. The predicted molar refractivity (Wildman–Crippen MR) is 81.2 cm³/mol. The first-order valence-corrected chi connectivity index (χ1v) is 7.94. The van der Waals surface area contributed by atoms with Gasteiger partial charge in [0.25, 0.3) is 0 Å². The lowest BCUT2D eigenvalue weighted by Gasteiger charge is -2.26. The highest BCUT2D eigenvalue weighted by molar-refractivity contribution is 6.00. The van der Waals surface area contributed by atoms with E-state index in [1.54, 1.807) is 6.07 Å². The van der Waals surface area contributed by atoms with Crippen molar-refractivity contribution in [2.24, 2.45) is 0 Å². The number of benzene rings is 1. The number of ether oxygens (including phenoxy) is 2. The number of ketones is 1. The van der Waals surface area contributed by atoms with Crippen LogP contribution in [-0.4, -0.2) is 31.1 Å². The van der Waals surface area contributed by atoms with E-state index in [0.717, 1.165) is 5.75 Å². The van der Waals surface area contributed by atoms with E-state index in [2.05, 4.69) is 5.32 Å². The summed E-state index contributed by atoms with van der Waals surface area (Å²) in [5.74, 6) is 1.53. The molecule has 4 nitrogen and oxygen atoms in total. The first-order valence-electron chi connectivity index (χ1n) is 7.94. The second kappa shape index (κ2) is 6.48. The van der Waals surface area contributed by atoms with E-state index in [1.807, 2.05) is 19.1 Å². The highest BCUT2D eigenvalue weighted by Gasteiger charge is 2.22. The fourth-order valence-electron chi connectivity index (χ4n) is 3.15. The minimum Gasteiger partial charge on any atom is -0.486 e. The molecular weight excluding hydrogens is 266 g/mol. The molecule has 1 N–H and O–H groups in total. The summed E-state index contributed by atoms with van der Waals surface area (Å²) in [5, 5.41) is 3.48. The van der Waals surface area contributed by atoms with Crippen molar-refractivity contribution in [2.45, 2.75) is 51.1 Å². The van der Waals surface area contributed by atoms with E-state index in [1.165, 1.54) is 32.1 Å². The number of nitrogens with one attached hydrogen (secondary N) is 1. The molecule has 0 aromatic heterocycles. The molecule has 4 heteroatoms. The largest absolute Gasteiger partial charge is 0.486 e. The maximum Gasteiger partial charge on any atom is 0.179 e. The Morgan fingerprint density at radius 3 is 2.62 bits per heavy atom. The third-order valence-electron chi connectivity index (χ3n) is 4.31. The fraction of sp³-hybridized carbons (Fsp3) is 0.588.